The molecule has 0 spiro atoms. The fraction of sp³-hybridized carbons (Fsp3) is 0.154. The zero-order valence-electron chi connectivity index (χ0n) is 19.2. The Labute approximate surface area is 216 Å². The van der Waals surface area contributed by atoms with Crippen molar-refractivity contribution in [3.63, 3.8) is 0 Å². The molecule has 0 radical (unpaired) electrons. The molecular weight excluding hydrogens is 502 g/mol. The van der Waals surface area contributed by atoms with Gasteiger partial charge < -0.3 is 15.2 Å². The highest BCUT2D eigenvalue weighted by Gasteiger charge is 2.36. The predicted octanol–water partition coefficient (Wildman–Crippen LogP) is 5.21. The summed E-state index contributed by atoms with van der Waals surface area (Å²) in [6, 6.07) is 20.1. The molecule has 1 aliphatic heterocycles. The van der Waals surface area contributed by atoms with E-state index in [4.69, 9.17) is 21.4 Å². The van der Waals surface area contributed by atoms with Crippen molar-refractivity contribution in [1.82, 2.24) is 4.90 Å². The van der Waals surface area contributed by atoms with Crippen molar-refractivity contribution in [3.8, 4) is 5.75 Å². The lowest BCUT2D eigenvalue weighted by Crippen LogP contribution is -2.44. The fourth-order valence-electron chi connectivity index (χ4n) is 3.49. The number of nitrogens with zero attached hydrogens (tertiary/aromatic N) is 2. The number of amidine groups is 1. The van der Waals surface area contributed by atoms with Crippen LogP contribution in [0.2, 0.25) is 5.02 Å². The highest BCUT2D eigenvalue weighted by atomic mass is 35.5. The maximum absolute atomic E-state index is 13.2. The normalized spacial score (nSPS) is 16.6. The lowest BCUT2D eigenvalue weighted by molar-refractivity contribution is -0.129. The van der Waals surface area contributed by atoms with Crippen LogP contribution < -0.4 is 10.1 Å². The molecule has 0 saturated carbocycles. The Kier molecular flexibility index (Phi) is 7.92. The summed E-state index contributed by atoms with van der Waals surface area (Å²) >= 11 is 7.30. The third-order valence-electron chi connectivity index (χ3n) is 5.36. The van der Waals surface area contributed by atoms with Crippen molar-refractivity contribution in [2.45, 2.75) is 18.2 Å². The van der Waals surface area contributed by atoms with E-state index in [0.717, 1.165) is 5.56 Å². The molecule has 1 fully saturated rings. The number of halogens is 1. The molecule has 1 atom stereocenters. The summed E-state index contributed by atoms with van der Waals surface area (Å²) in [6.07, 6.45) is -0.0194. The Balaban J connectivity index is 1.57. The Hall–Kier alpha value is -3.82. The van der Waals surface area contributed by atoms with Crippen LogP contribution in [-0.2, 0) is 16.1 Å². The first-order chi connectivity index (χ1) is 17.3. The smallest absolute Gasteiger partial charge is 0.335 e. The van der Waals surface area contributed by atoms with Crippen LogP contribution in [-0.4, -0.2) is 45.3 Å². The van der Waals surface area contributed by atoms with E-state index in [0.29, 0.717) is 27.3 Å². The number of carbonyl (C=O) groups excluding carboxylic acids is 2. The number of carboxylic acid groups (broad SMARTS) is 1. The van der Waals surface area contributed by atoms with Gasteiger partial charge in [0.1, 0.15) is 11.0 Å². The Morgan fingerprint density at radius 2 is 1.86 bits per heavy atom. The first kappa shape index (κ1) is 25.3. The number of anilines is 1. The number of ether oxygens (including phenoxy) is 1. The maximum atomic E-state index is 13.2. The van der Waals surface area contributed by atoms with Crippen LogP contribution in [0.25, 0.3) is 0 Å². The third kappa shape index (κ3) is 6.24. The Bertz CT molecular complexity index is 1310. The van der Waals surface area contributed by atoms with Crippen molar-refractivity contribution in [1.29, 1.82) is 0 Å². The number of rotatable bonds is 7. The lowest BCUT2D eigenvalue weighted by Gasteiger charge is -2.32. The summed E-state index contributed by atoms with van der Waals surface area (Å²) in [4.78, 5) is 43.5. The molecule has 4 rings (SSSR count). The van der Waals surface area contributed by atoms with Crippen molar-refractivity contribution in [3.05, 3.63) is 88.9 Å². The second-order valence-electron chi connectivity index (χ2n) is 7.88. The van der Waals surface area contributed by atoms with E-state index in [2.05, 4.69) is 10.3 Å². The SMILES string of the molecule is COc1ccc(CN2C(=O)CC(C(=O)Nc3ccc(C(=O)O)cc3)SC2=Nc2cccc(Cl)c2)cc1. The van der Waals surface area contributed by atoms with Gasteiger partial charge >= 0.3 is 5.97 Å². The summed E-state index contributed by atoms with van der Waals surface area (Å²) in [5.74, 6) is -0.967. The second-order valence-corrected chi connectivity index (χ2v) is 9.49. The zero-order chi connectivity index (χ0) is 25.7. The van der Waals surface area contributed by atoms with E-state index < -0.39 is 11.2 Å². The monoisotopic (exact) mass is 523 g/mol. The number of hydrogen-bond donors (Lipinski definition) is 2. The average Bonchev–Trinajstić information content (AvgIpc) is 2.86. The third-order valence-corrected chi connectivity index (χ3v) is 6.79. The lowest BCUT2D eigenvalue weighted by atomic mass is 10.1. The largest absolute Gasteiger partial charge is 0.497 e. The number of benzene rings is 3. The first-order valence-electron chi connectivity index (χ1n) is 10.9. The first-order valence-corrected chi connectivity index (χ1v) is 12.2. The van der Waals surface area contributed by atoms with E-state index in [1.54, 1.807) is 36.3 Å². The summed E-state index contributed by atoms with van der Waals surface area (Å²) < 4.78 is 5.20. The van der Waals surface area contributed by atoms with Gasteiger partial charge in [0.25, 0.3) is 0 Å². The molecule has 8 nitrogen and oxygen atoms in total. The molecule has 1 heterocycles. The van der Waals surface area contributed by atoms with E-state index in [9.17, 15) is 14.4 Å². The number of aliphatic imine (C=N–C) groups is 1. The standard InChI is InChI=1S/C26H22ClN3O5S/c1-35-21-11-5-16(6-12-21)15-30-23(31)14-22(36-26(30)29-20-4-2-3-18(27)13-20)24(32)28-19-9-7-17(8-10-19)25(33)34/h2-13,22H,14-15H2,1H3,(H,28,32)(H,33,34). The van der Waals surface area contributed by atoms with Gasteiger partial charge in [-0.15, -0.1) is 0 Å². The molecule has 1 aliphatic rings. The number of carboxylic acids is 1. The number of hydrogen-bond acceptors (Lipinski definition) is 6. The molecule has 36 heavy (non-hydrogen) atoms. The molecule has 3 aromatic rings. The number of nitrogens with one attached hydrogen (secondary N) is 1. The van der Waals surface area contributed by atoms with E-state index in [1.807, 2.05) is 24.3 Å². The number of thioether (sulfide) groups is 1. The van der Waals surface area contributed by atoms with E-state index in [-0.39, 0.29) is 30.3 Å². The van der Waals surface area contributed by atoms with Crippen LogP contribution in [0.1, 0.15) is 22.3 Å². The fourth-order valence-corrected chi connectivity index (χ4v) is 4.77. The van der Waals surface area contributed by atoms with Crippen molar-refractivity contribution in [2.24, 2.45) is 4.99 Å². The average molecular weight is 524 g/mol. The van der Waals surface area contributed by atoms with Crippen molar-refractivity contribution < 1.29 is 24.2 Å². The van der Waals surface area contributed by atoms with Gasteiger partial charge in [0.2, 0.25) is 11.8 Å². The highest BCUT2D eigenvalue weighted by Crippen LogP contribution is 2.32. The molecule has 0 aliphatic carbocycles. The summed E-state index contributed by atoms with van der Waals surface area (Å²) in [5.41, 5.74) is 1.99. The van der Waals surface area contributed by atoms with Crippen molar-refractivity contribution >= 4 is 57.7 Å². The highest BCUT2D eigenvalue weighted by molar-refractivity contribution is 8.15. The summed E-state index contributed by atoms with van der Waals surface area (Å²) in [6.45, 7) is 0.278. The molecule has 1 saturated heterocycles. The van der Waals surface area contributed by atoms with Gasteiger partial charge in [-0.2, -0.15) is 0 Å². The van der Waals surface area contributed by atoms with Crippen LogP contribution in [0.15, 0.2) is 77.8 Å². The van der Waals surface area contributed by atoms with Crippen molar-refractivity contribution in [2.75, 3.05) is 12.4 Å². The number of amides is 2. The van der Waals surface area contributed by atoms with Crippen LogP contribution in [0, 0.1) is 0 Å². The number of carbonyl (C=O) groups is 3. The van der Waals surface area contributed by atoms with Gasteiger partial charge in [-0.25, -0.2) is 9.79 Å². The molecule has 10 heteroatoms. The van der Waals surface area contributed by atoms with Crippen LogP contribution in [0.4, 0.5) is 11.4 Å². The molecule has 0 aromatic heterocycles. The zero-order valence-corrected chi connectivity index (χ0v) is 20.8. The van der Waals surface area contributed by atoms with Gasteiger partial charge in [0, 0.05) is 17.1 Å². The molecule has 0 bridgehead atoms. The van der Waals surface area contributed by atoms with Gasteiger partial charge in [0.05, 0.1) is 24.9 Å². The molecule has 1 unspecified atom stereocenters. The number of aromatic carboxylic acids is 1. The van der Waals surface area contributed by atoms with Crippen LogP contribution in [0.5, 0.6) is 5.75 Å². The molecule has 2 N–H and O–H groups in total. The van der Waals surface area contributed by atoms with Gasteiger partial charge in [-0.05, 0) is 60.2 Å². The van der Waals surface area contributed by atoms with Gasteiger partial charge in [-0.1, -0.05) is 41.6 Å². The maximum Gasteiger partial charge on any atom is 0.335 e. The van der Waals surface area contributed by atoms with Crippen LogP contribution in [0.3, 0.4) is 0 Å². The number of methoxy groups -OCH3 is 1. The predicted molar refractivity (Wildman–Crippen MR) is 140 cm³/mol. The minimum absolute atomic E-state index is 0.0194. The summed E-state index contributed by atoms with van der Waals surface area (Å²) in [5, 5.41) is 12.0. The quantitative estimate of drug-likeness (QED) is 0.440. The van der Waals surface area contributed by atoms with E-state index >= 15 is 0 Å². The van der Waals surface area contributed by atoms with Crippen LogP contribution >= 0.6 is 23.4 Å². The molecule has 184 valence electrons. The molecule has 3 aromatic carbocycles. The van der Waals surface area contributed by atoms with Gasteiger partial charge in [-0.3, -0.25) is 14.5 Å². The minimum Gasteiger partial charge on any atom is -0.497 e. The molecular formula is C26H22ClN3O5S. The topological polar surface area (TPSA) is 108 Å². The Morgan fingerprint density at radius 1 is 1.14 bits per heavy atom. The van der Waals surface area contributed by atoms with E-state index in [1.165, 1.54) is 36.0 Å². The second kappa shape index (κ2) is 11.3. The van der Waals surface area contributed by atoms with Gasteiger partial charge in [0.15, 0.2) is 5.17 Å². The summed E-state index contributed by atoms with van der Waals surface area (Å²) in [7, 11) is 1.58. The minimum atomic E-state index is -1.06. The molecule has 2 amide bonds. The Morgan fingerprint density at radius 3 is 2.50 bits per heavy atom.